The highest BCUT2D eigenvalue weighted by Gasteiger charge is 2.39. The van der Waals surface area contributed by atoms with Crippen molar-refractivity contribution in [2.75, 3.05) is 0 Å². The predicted octanol–water partition coefficient (Wildman–Crippen LogP) is 2.74. The van der Waals surface area contributed by atoms with Crippen molar-refractivity contribution >= 4 is 23.2 Å². The molecule has 6 nitrogen and oxygen atoms in total. The van der Waals surface area contributed by atoms with Gasteiger partial charge in [-0.3, -0.25) is 4.79 Å². The number of nitrogens with one attached hydrogen (secondary N) is 1. The molecule has 23 heavy (non-hydrogen) atoms. The van der Waals surface area contributed by atoms with E-state index in [-0.39, 0.29) is 17.2 Å². The third-order valence-corrected chi connectivity index (χ3v) is 5.18. The molecule has 1 amide bonds. The Morgan fingerprint density at radius 3 is 2.61 bits per heavy atom. The van der Waals surface area contributed by atoms with E-state index in [9.17, 15) is 9.59 Å². The van der Waals surface area contributed by atoms with Crippen LogP contribution in [0.3, 0.4) is 0 Å². The molecule has 120 valence electrons. The predicted molar refractivity (Wildman–Crippen MR) is 85.7 cm³/mol. The second kappa shape index (κ2) is 6.08. The Labute approximate surface area is 137 Å². The zero-order chi connectivity index (χ0) is 16.4. The van der Waals surface area contributed by atoms with E-state index in [0.717, 1.165) is 30.7 Å². The molecule has 1 aliphatic rings. The molecule has 0 aromatic carbocycles. The van der Waals surface area contributed by atoms with Gasteiger partial charge in [0.1, 0.15) is 10.7 Å². The number of aromatic nitrogens is 2. The molecule has 0 radical (unpaired) electrons. The van der Waals surface area contributed by atoms with Gasteiger partial charge >= 0.3 is 5.97 Å². The maximum absolute atomic E-state index is 12.6. The lowest BCUT2D eigenvalue weighted by atomic mass is 9.98. The van der Waals surface area contributed by atoms with Crippen molar-refractivity contribution in [2.45, 2.75) is 38.1 Å². The van der Waals surface area contributed by atoms with Gasteiger partial charge in [0.2, 0.25) is 0 Å². The lowest BCUT2D eigenvalue weighted by molar-refractivity contribution is 0.0694. The first kappa shape index (κ1) is 15.6. The van der Waals surface area contributed by atoms with E-state index in [0.29, 0.717) is 5.69 Å². The van der Waals surface area contributed by atoms with Crippen LogP contribution in [0.15, 0.2) is 23.7 Å². The van der Waals surface area contributed by atoms with Crippen LogP contribution >= 0.6 is 11.3 Å². The molecule has 0 saturated heterocycles. The number of carboxylic acids is 1. The van der Waals surface area contributed by atoms with E-state index in [1.54, 1.807) is 24.5 Å². The van der Waals surface area contributed by atoms with Crippen LogP contribution in [0.25, 0.3) is 0 Å². The molecule has 3 rings (SSSR count). The summed E-state index contributed by atoms with van der Waals surface area (Å²) in [5.41, 5.74) is 0.249. The number of hydrogen-bond acceptors (Lipinski definition) is 5. The number of thiazole rings is 1. The summed E-state index contributed by atoms with van der Waals surface area (Å²) in [5, 5.41) is 15.0. The summed E-state index contributed by atoms with van der Waals surface area (Å²) < 4.78 is 0. The normalized spacial score (nSPS) is 16.2. The van der Waals surface area contributed by atoms with Crippen LogP contribution < -0.4 is 5.32 Å². The lowest BCUT2D eigenvalue weighted by Gasteiger charge is -2.28. The standard InChI is InChI=1S/C16H17N3O3S/c1-10-11(14(21)22)4-5-12(18-10)13(20)19-16(6-2-3-7-16)15-17-8-9-23-15/h4-5,8-9H,2-3,6-7H2,1H3,(H,19,20)(H,21,22). The fraction of sp³-hybridized carbons (Fsp3) is 0.375. The van der Waals surface area contributed by atoms with Crippen LogP contribution in [0.2, 0.25) is 0 Å². The third-order valence-electron chi connectivity index (χ3n) is 4.20. The molecule has 1 saturated carbocycles. The fourth-order valence-electron chi connectivity index (χ4n) is 3.03. The average Bonchev–Trinajstić information content (AvgIpc) is 3.18. The first-order valence-corrected chi connectivity index (χ1v) is 8.33. The Morgan fingerprint density at radius 2 is 2.04 bits per heavy atom. The Balaban J connectivity index is 1.86. The molecule has 0 spiro atoms. The van der Waals surface area contributed by atoms with Gasteiger partial charge in [0.25, 0.3) is 5.91 Å². The Kier molecular flexibility index (Phi) is 4.12. The SMILES string of the molecule is Cc1nc(C(=O)NC2(c3nccs3)CCCC2)ccc1C(=O)O. The van der Waals surface area contributed by atoms with E-state index in [1.807, 2.05) is 5.38 Å². The second-order valence-corrected chi connectivity index (χ2v) is 6.61. The van der Waals surface area contributed by atoms with E-state index in [4.69, 9.17) is 5.11 Å². The highest BCUT2D eigenvalue weighted by atomic mass is 32.1. The van der Waals surface area contributed by atoms with Gasteiger partial charge in [-0.1, -0.05) is 12.8 Å². The minimum Gasteiger partial charge on any atom is -0.478 e. The molecule has 1 aliphatic carbocycles. The maximum Gasteiger partial charge on any atom is 0.337 e. The van der Waals surface area contributed by atoms with Crippen molar-refractivity contribution in [1.29, 1.82) is 0 Å². The highest BCUT2D eigenvalue weighted by Crippen LogP contribution is 2.39. The first-order chi connectivity index (χ1) is 11.0. The minimum absolute atomic E-state index is 0.108. The number of aromatic carboxylic acids is 1. The van der Waals surface area contributed by atoms with E-state index in [2.05, 4.69) is 15.3 Å². The van der Waals surface area contributed by atoms with Crippen molar-refractivity contribution < 1.29 is 14.7 Å². The van der Waals surface area contributed by atoms with Gasteiger partial charge in [0.15, 0.2) is 0 Å². The number of nitrogens with zero attached hydrogens (tertiary/aromatic N) is 2. The lowest BCUT2D eigenvalue weighted by Crippen LogP contribution is -2.44. The van der Waals surface area contributed by atoms with E-state index >= 15 is 0 Å². The topological polar surface area (TPSA) is 92.2 Å². The number of pyridine rings is 1. The Morgan fingerprint density at radius 1 is 1.30 bits per heavy atom. The number of amides is 1. The van der Waals surface area contributed by atoms with Crippen LogP contribution in [-0.4, -0.2) is 27.0 Å². The van der Waals surface area contributed by atoms with Gasteiger partial charge in [-0.05, 0) is 31.9 Å². The molecule has 1 fully saturated rings. The molecule has 2 aromatic heterocycles. The summed E-state index contributed by atoms with van der Waals surface area (Å²) >= 11 is 1.54. The molecule has 0 aliphatic heterocycles. The quantitative estimate of drug-likeness (QED) is 0.898. The van der Waals surface area contributed by atoms with Gasteiger partial charge in [-0.2, -0.15) is 0 Å². The zero-order valence-corrected chi connectivity index (χ0v) is 13.5. The van der Waals surface area contributed by atoms with Crippen LogP contribution in [0, 0.1) is 6.92 Å². The van der Waals surface area contributed by atoms with Crippen molar-refractivity contribution in [3.63, 3.8) is 0 Å². The molecule has 0 bridgehead atoms. The minimum atomic E-state index is -1.04. The van der Waals surface area contributed by atoms with Gasteiger partial charge in [0, 0.05) is 11.6 Å². The number of hydrogen-bond donors (Lipinski definition) is 2. The molecule has 0 atom stereocenters. The monoisotopic (exact) mass is 331 g/mol. The zero-order valence-electron chi connectivity index (χ0n) is 12.7. The van der Waals surface area contributed by atoms with Crippen molar-refractivity contribution in [3.05, 3.63) is 45.7 Å². The Bertz CT molecular complexity index is 737. The second-order valence-electron chi connectivity index (χ2n) is 5.72. The van der Waals surface area contributed by atoms with Crippen LogP contribution in [0.1, 0.15) is 57.2 Å². The van der Waals surface area contributed by atoms with E-state index < -0.39 is 11.5 Å². The number of carboxylic acid groups (broad SMARTS) is 1. The van der Waals surface area contributed by atoms with Gasteiger partial charge in [-0.25, -0.2) is 14.8 Å². The smallest absolute Gasteiger partial charge is 0.337 e. The van der Waals surface area contributed by atoms with Crippen molar-refractivity contribution in [2.24, 2.45) is 0 Å². The number of aryl methyl sites for hydroxylation is 1. The Hall–Kier alpha value is -2.28. The molecule has 2 aromatic rings. The largest absolute Gasteiger partial charge is 0.478 e. The number of carbonyl (C=O) groups excluding carboxylic acids is 1. The molecule has 7 heteroatoms. The van der Waals surface area contributed by atoms with E-state index in [1.165, 1.54) is 12.1 Å². The number of rotatable bonds is 4. The first-order valence-electron chi connectivity index (χ1n) is 7.45. The molecule has 2 N–H and O–H groups in total. The summed E-state index contributed by atoms with van der Waals surface area (Å²) in [7, 11) is 0. The van der Waals surface area contributed by atoms with Crippen LogP contribution in [-0.2, 0) is 5.54 Å². The van der Waals surface area contributed by atoms with Crippen molar-refractivity contribution in [3.8, 4) is 0 Å². The average molecular weight is 331 g/mol. The van der Waals surface area contributed by atoms with Crippen LogP contribution in [0.4, 0.5) is 0 Å². The fourth-order valence-corrected chi connectivity index (χ4v) is 3.88. The summed E-state index contributed by atoms with van der Waals surface area (Å²) in [4.78, 5) is 32.1. The van der Waals surface area contributed by atoms with Crippen LogP contribution in [0.5, 0.6) is 0 Å². The summed E-state index contributed by atoms with van der Waals surface area (Å²) in [6.07, 6.45) is 5.56. The summed E-state index contributed by atoms with van der Waals surface area (Å²) in [5.74, 6) is -1.33. The van der Waals surface area contributed by atoms with Crippen molar-refractivity contribution in [1.82, 2.24) is 15.3 Å². The van der Waals surface area contributed by atoms with Gasteiger partial charge < -0.3 is 10.4 Å². The number of carbonyl (C=O) groups is 2. The molecular formula is C16H17N3O3S. The van der Waals surface area contributed by atoms with Gasteiger partial charge in [0.05, 0.1) is 16.8 Å². The highest BCUT2D eigenvalue weighted by molar-refractivity contribution is 7.09. The molecule has 2 heterocycles. The van der Waals surface area contributed by atoms with Gasteiger partial charge in [-0.15, -0.1) is 11.3 Å². The maximum atomic E-state index is 12.6. The third kappa shape index (κ3) is 2.96. The molecular weight excluding hydrogens is 314 g/mol. The summed E-state index contributed by atoms with van der Waals surface area (Å²) in [6.45, 7) is 1.59. The summed E-state index contributed by atoms with van der Waals surface area (Å²) in [6, 6.07) is 2.88. The molecule has 0 unspecified atom stereocenters.